The number of non-ortho nitro benzene ring substituents is 1. The van der Waals surface area contributed by atoms with Crippen molar-refractivity contribution in [3.63, 3.8) is 0 Å². The average Bonchev–Trinajstić information content (AvgIpc) is 3.05. The Labute approximate surface area is 168 Å². The fourth-order valence-electron chi connectivity index (χ4n) is 3.24. The van der Waals surface area contributed by atoms with Gasteiger partial charge in [0.05, 0.1) is 16.2 Å². The number of nitrogens with one attached hydrogen (secondary N) is 3. The summed E-state index contributed by atoms with van der Waals surface area (Å²) in [4.78, 5) is 52.5. The maximum atomic E-state index is 12.9. The molecule has 0 unspecified atom stereocenters. The number of amides is 1. The standard InChI is InChI=1S/C20H15N5O5/c1-11-10-21-20(28)24(11)13-4-2-3-12(7-13)22-19(27)16-9-18(26)23-17-6-5-14(25(29)30)8-15(16)17/h2-10H,1H3,(H,21,28)(H,22,27)(H,23,26). The van der Waals surface area contributed by atoms with E-state index in [0.717, 1.165) is 6.07 Å². The summed E-state index contributed by atoms with van der Waals surface area (Å²) in [6.45, 7) is 1.76. The molecule has 30 heavy (non-hydrogen) atoms. The lowest BCUT2D eigenvalue weighted by Gasteiger charge is -2.10. The fraction of sp³-hybridized carbons (Fsp3) is 0.0500. The molecular weight excluding hydrogens is 390 g/mol. The highest BCUT2D eigenvalue weighted by Crippen LogP contribution is 2.23. The molecule has 0 atom stereocenters. The van der Waals surface area contributed by atoms with Crippen molar-refractivity contribution < 1.29 is 9.72 Å². The number of carbonyl (C=O) groups is 1. The third-order valence-electron chi connectivity index (χ3n) is 4.60. The van der Waals surface area contributed by atoms with Crippen molar-refractivity contribution >= 4 is 28.2 Å². The molecule has 4 aromatic rings. The normalized spacial score (nSPS) is 10.8. The van der Waals surface area contributed by atoms with E-state index in [1.54, 1.807) is 37.4 Å². The van der Waals surface area contributed by atoms with E-state index in [9.17, 15) is 24.5 Å². The summed E-state index contributed by atoms with van der Waals surface area (Å²) in [6.07, 6.45) is 1.57. The second-order valence-corrected chi connectivity index (χ2v) is 6.61. The summed E-state index contributed by atoms with van der Waals surface area (Å²) in [7, 11) is 0. The Morgan fingerprint density at radius 1 is 1.13 bits per heavy atom. The quantitative estimate of drug-likeness (QED) is 0.353. The van der Waals surface area contributed by atoms with Gasteiger partial charge in [0.15, 0.2) is 0 Å². The number of H-pyrrole nitrogens is 2. The van der Waals surface area contributed by atoms with Crippen LogP contribution in [0.15, 0.2) is 64.3 Å². The van der Waals surface area contributed by atoms with Gasteiger partial charge in [0, 0.05) is 46.7 Å². The van der Waals surface area contributed by atoms with Crippen LogP contribution in [0.4, 0.5) is 11.4 Å². The second-order valence-electron chi connectivity index (χ2n) is 6.61. The van der Waals surface area contributed by atoms with Crippen LogP contribution >= 0.6 is 0 Å². The van der Waals surface area contributed by atoms with Crippen molar-refractivity contribution in [2.45, 2.75) is 6.92 Å². The van der Waals surface area contributed by atoms with Crippen molar-refractivity contribution in [2.75, 3.05) is 5.32 Å². The number of nitrogens with zero attached hydrogens (tertiary/aromatic N) is 2. The summed E-state index contributed by atoms with van der Waals surface area (Å²) in [5, 5.41) is 14.0. The zero-order valence-corrected chi connectivity index (χ0v) is 15.6. The first-order chi connectivity index (χ1) is 14.3. The Balaban J connectivity index is 1.74. The van der Waals surface area contributed by atoms with Gasteiger partial charge in [-0.05, 0) is 31.2 Å². The van der Waals surface area contributed by atoms with Crippen LogP contribution in [-0.2, 0) is 0 Å². The molecule has 0 aliphatic carbocycles. The molecule has 3 N–H and O–H groups in total. The minimum Gasteiger partial charge on any atom is -0.322 e. The van der Waals surface area contributed by atoms with E-state index in [-0.39, 0.29) is 22.3 Å². The van der Waals surface area contributed by atoms with Gasteiger partial charge < -0.3 is 15.3 Å². The highest BCUT2D eigenvalue weighted by Gasteiger charge is 2.16. The number of carbonyl (C=O) groups excluding carboxylic acids is 1. The van der Waals surface area contributed by atoms with Gasteiger partial charge in [0.1, 0.15) is 0 Å². The monoisotopic (exact) mass is 405 g/mol. The van der Waals surface area contributed by atoms with E-state index in [0.29, 0.717) is 22.6 Å². The van der Waals surface area contributed by atoms with Crippen LogP contribution < -0.4 is 16.6 Å². The van der Waals surface area contributed by atoms with Crippen molar-refractivity contribution in [3.05, 3.63) is 96.9 Å². The lowest BCUT2D eigenvalue weighted by Crippen LogP contribution is -2.18. The third-order valence-corrected chi connectivity index (χ3v) is 4.60. The molecule has 0 aliphatic heterocycles. The molecule has 0 spiro atoms. The van der Waals surface area contributed by atoms with Crippen LogP contribution in [0.25, 0.3) is 16.6 Å². The number of aromatic amines is 2. The molecule has 0 aliphatic rings. The van der Waals surface area contributed by atoms with E-state index in [1.807, 2.05) is 0 Å². The van der Waals surface area contributed by atoms with Crippen LogP contribution in [-0.4, -0.2) is 25.4 Å². The van der Waals surface area contributed by atoms with E-state index in [2.05, 4.69) is 15.3 Å². The minimum atomic E-state index is -0.609. The van der Waals surface area contributed by atoms with Gasteiger partial charge >= 0.3 is 5.69 Å². The molecule has 2 heterocycles. The predicted molar refractivity (Wildman–Crippen MR) is 110 cm³/mol. The number of benzene rings is 2. The van der Waals surface area contributed by atoms with Gasteiger partial charge in [-0.25, -0.2) is 4.79 Å². The third kappa shape index (κ3) is 3.37. The molecule has 2 aromatic carbocycles. The van der Waals surface area contributed by atoms with E-state index < -0.39 is 16.4 Å². The molecular formula is C20H15N5O5. The second kappa shape index (κ2) is 7.17. The molecule has 10 heteroatoms. The lowest BCUT2D eigenvalue weighted by molar-refractivity contribution is -0.384. The minimum absolute atomic E-state index is 0.00200. The Morgan fingerprint density at radius 3 is 2.63 bits per heavy atom. The molecule has 0 fully saturated rings. The smallest absolute Gasteiger partial charge is 0.322 e. The maximum absolute atomic E-state index is 12.9. The van der Waals surface area contributed by atoms with Gasteiger partial charge in [-0.15, -0.1) is 0 Å². The number of imidazole rings is 1. The first-order valence-corrected chi connectivity index (χ1v) is 8.84. The number of hydrogen-bond donors (Lipinski definition) is 3. The van der Waals surface area contributed by atoms with Crippen LogP contribution in [0.3, 0.4) is 0 Å². The molecule has 0 bridgehead atoms. The van der Waals surface area contributed by atoms with E-state index >= 15 is 0 Å². The Kier molecular flexibility index (Phi) is 4.51. The highest BCUT2D eigenvalue weighted by molar-refractivity contribution is 6.12. The topological polar surface area (TPSA) is 143 Å². The van der Waals surface area contributed by atoms with Crippen molar-refractivity contribution in [3.8, 4) is 5.69 Å². The number of nitro groups is 1. The zero-order valence-electron chi connectivity index (χ0n) is 15.6. The molecule has 4 rings (SSSR count). The summed E-state index contributed by atoms with van der Waals surface area (Å²) < 4.78 is 1.45. The van der Waals surface area contributed by atoms with E-state index in [1.165, 1.54) is 22.8 Å². The van der Waals surface area contributed by atoms with Crippen molar-refractivity contribution in [2.24, 2.45) is 0 Å². The molecule has 150 valence electrons. The van der Waals surface area contributed by atoms with Crippen LogP contribution in [0.1, 0.15) is 16.1 Å². The molecule has 2 aromatic heterocycles. The summed E-state index contributed by atoms with van der Waals surface area (Å²) >= 11 is 0. The van der Waals surface area contributed by atoms with Gasteiger partial charge in [-0.3, -0.25) is 24.3 Å². The van der Waals surface area contributed by atoms with Gasteiger partial charge in [0.2, 0.25) is 5.56 Å². The van der Waals surface area contributed by atoms with Crippen LogP contribution in [0.2, 0.25) is 0 Å². The first-order valence-electron chi connectivity index (χ1n) is 8.84. The molecule has 0 saturated heterocycles. The van der Waals surface area contributed by atoms with Gasteiger partial charge in [-0.2, -0.15) is 0 Å². The summed E-state index contributed by atoms with van der Waals surface area (Å²) in [5.41, 5.74) is 0.907. The number of rotatable bonds is 4. The fourth-order valence-corrected chi connectivity index (χ4v) is 3.24. The Hall–Kier alpha value is -4.47. The Morgan fingerprint density at radius 2 is 1.93 bits per heavy atom. The zero-order chi connectivity index (χ0) is 21.4. The van der Waals surface area contributed by atoms with Crippen LogP contribution in [0, 0.1) is 17.0 Å². The first kappa shape index (κ1) is 18.9. The lowest BCUT2D eigenvalue weighted by atomic mass is 10.1. The summed E-state index contributed by atoms with van der Waals surface area (Å²) in [5.74, 6) is -0.609. The predicted octanol–water partition coefficient (Wildman–Crippen LogP) is 2.48. The number of hydrogen-bond acceptors (Lipinski definition) is 5. The highest BCUT2D eigenvalue weighted by atomic mass is 16.6. The molecule has 1 amide bonds. The molecule has 10 nitrogen and oxygen atoms in total. The number of nitro benzene ring substituents is 1. The number of anilines is 1. The van der Waals surface area contributed by atoms with Crippen molar-refractivity contribution in [1.29, 1.82) is 0 Å². The molecule has 0 radical (unpaired) electrons. The Bertz CT molecular complexity index is 1430. The largest absolute Gasteiger partial charge is 0.330 e. The SMILES string of the molecule is Cc1c[nH]c(=O)n1-c1cccc(NC(=O)c2cc(=O)[nH]c3ccc([N+](=O)[O-])cc23)c1. The van der Waals surface area contributed by atoms with Gasteiger partial charge in [-0.1, -0.05) is 6.07 Å². The average molecular weight is 405 g/mol. The molecule has 0 saturated carbocycles. The van der Waals surface area contributed by atoms with Gasteiger partial charge in [0.25, 0.3) is 11.6 Å². The number of aromatic nitrogens is 3. The number of fused-ring (bicyclic) bond motifs is 1. The maximum Gasteiger partial charge on any atom is 0.330 e. The van der Waals surface area contributed by atoms with Crippen molar-refractivity contribution in [1.82, 2.24) is 14.5 Å². The number of pyridine rings is 1. The van der Waals surface area contributed by atoms with Crippen LogP contribution in [0.5, 0.6) is 0 Å². The summed E-state index contributed by atoms with van der Waals surface area (Å²) in [6, 6.07) is 11.6. The number of aryl methyl sites for hydroxylation is 1. The van der Waals surface area contributed by atoms with E-state index in [4.69, 9.17) is 0 Å².